The third-order valence-corrected chi connectivity index (χ3v) is 3.52. The monoisotopic (exact) mass is 288 g/mol. The quantitative estimate of drug-likeness (QED) is 0.655. The van der Waals surface area contributed by atoms with Gasteiger partial charge in [0.2, 0.25) is 0 Å². The Bertz CT molecular complexity index is 656. The number of morpholine rings is 1. The lowest BCUT2D eigenvalue weighted by molar-refractivity contribution is -0.383. The standard InChI is InChI=1S/C14H16N4O3/c19-18(20)14-2-1-13(12-9-15-4-3-11(12)14)17-8-10-7-16-5-6-21-10/h1-4,9-10,16-17H,5-8H2. The van der Waals surface area contributed by atoms with Crippen LogP contribution in [0.25, 0.3) is 10.8 Å². The van der Waals surface area contributed by atoms with Crippen LogP contribution in [0.1, 0.15) is 0 Å². The van der Waals surface area contributed by atoms with Gasteiger partial charge in [-0.3, -0.25) is 15.1 Å². The van der Waals surface area contributed by atoms with Gasteiger partial charge in [-0.15, -0.1) is 0 Å². The molecule has 1 fully saturated rings. The number of nitro benzene ring substituents is 1. The molecule has 0 bridgehead atoms. The fourth-order valence-electron chi connectivity index (χ4n) is 2.46. The van der Waals surface area contributed by atoms with Crippen LogP contribution in [0.5, 0.6) is 0 Å². The third-order valence-electron chi connectivity index (χ3n) is 3.52. The summed E-state index contributed by atoms with van der Waals surface area (Å²) in [6.07, 6.45) is 3.30. The lowest BCUT2D eigenvalue weighted by Crippen LogP contribution is -2.42. The number of hydrogen-bond donors (Lipinski definition) is 2. The first-order chi connectivity index (χ1) is 10.3. The molecular weight excluding hydrogens is 272 g/mol. The molecule has 1 aromatic carbocycles. The van der Waals surface area contributed by atoms with Gasteiger partial charge in [0, 0.05) is 49.2 Å². The summed E-state index contributed by atoms with van der Waals surface area (Å²) < 4.78 is 5.62. The smallest absolute Gasteiger partial charge is 0.277 e. The molecule has 7 nitrogen and oxygen atoms in total. The van der Waals surface area contributed by atoms with E-state index in [1.54, 1.807) is 24.5 Å². The molecule has 1 saturated heterocycles. The van der Waals surface area contributed by atoms with Gasteiger partial charge in [0.1, 0.15) is 0 Å². The molecule has 0 spiro atoms. The van der Waals surface area contributed by atoms with Gasteiger partial charge < -0.3 is 15.4 Å². The van der Waals surface area contributed by atoms with Crippen molar-refractivity contribution in [1.82, 2.24) is 10.3 Å². The van der Waals surface area contributed by atoms with Crippen molar-refractivity contribution in [2.24, 2.45) is 0 Å². The Balaban J connectivity index is 1.85. The SMILES string of the molecule is O=[N+]([O-])c1ccc(NCC2CNCCO2)c2cnccc12. The summed E-state index contributed by atoms with van der Waals surface area (Å²) in [5.41, 5.74) is 0.923. The molecule has 2 aromatic rings. The Labute approximate surface area is 121 Å². The number of rotatable bonds is 4. The van der Waals surface area contributed by atoms with Crippen LogP contribution in [0.3, 0.4) is 0 Å². The summed E-state index contributed by atoms with van der Waals surface area (Å²) in [5.74, 6) is 0. The van der Waals surface area contributed by atoms with Crippen LogP contribution >= 0.6 is 0 Å². The molecule has 0 aliphatic carbocycles. The highest BCUT2D eigenvalue weighted by Crippen LogP contribution is 2.30. The Hall–Kier alpha value is -2.25. The minimum atomic E-state index is -0.375. The molecular formula is C14H16N4O3. The van der Waals surface area contributed by atoms with Crippen LogP contribution in [0.4, 0.5) is 11.4 Å². The van der Waals surface area contributed by atoms with E-state index in [9.17, 15) is 10.1 Å². The van der Waals surface area contributed by atoms with E-state index < -0.39 is 0 Å². The topological polar surface area (TPSA) is 89.3 Å². The fourth-order valence-corrected chi connectivity index (χ4v) is 2.46. The van der Waals surface area contributed by atoms with Gasteiger partial charge in [-0.2, -0.15) is 0 Å². The highest BCUT2D eigenvalue weighted by molar-refractivity contribution is 5.99. The van der Waals surface area contributed by atoms with Crippen molar-refractivity contribution < 1.29 is 9.66 Å². The Morgan fingerprint density at radius 3 is 3.10 bits per heavy atom. The average Bonchev–Trinajstić information content (AvgIpc) is 2.53. The number of hydrogen-bond acceptors (Lipinski definition) is 6. The lowest BCUT2D eigenvalue weighted by atomic mass is 10.1. The van der Waals surface area contributed by atoms with Crippen LogP contribution in [0.15, 0.2) is 30.6 Å². The maximum Gasteiger partial charge on any atom is 0.277 e. The molecule has 3 rings (SSSR count). The second-order valence-corrected chi connectivity index (χ2v) is 4.89. The molecule has 1 aliphatic rings. The van der Waals surface area contributed by atoms with E-state index in [0.29, 0.717) is 18.5 Å². The van der Waals surface area contributed by atoms with Crippen molar-refractivity contribution in [3.8, 4) is 0 Å². The molecule has 1 unspecified atom stereocenters. The van der Waals surface area contributed by atoms with Gasteiger partial charge in [-0.1, -0.05) is 0 Å². The second-order valence-electron chi connectivity index (χ2n) is 4.89. The zero-order chi connectivity index (χ0) is 14.7. The van der Waals surface area contributed by atoms with E-state index in [2.05, 4.69) is 15.6 Å². The van der Waals surface area contributed by atoms with Crippen LogP contribution in [0, 0.1) is 10.1 Å². The molecule has 1 aliphatic heterocycles. The zero-order valence-electron chi connectivity index (χ0n) is 11.4. The van der Waals surface area contributed by atoms with Crippen molar-refractivity contribution >= 4 is 22.1 Å². The number of aromatic nitrogens is 1. The van der Waals surface area contributed by atoms with E-state index in [0.717, 1.165) is 24.2 Å². The minimum absolute atomic E-state index is 0.0912. The highest BCUT2D eigenvalue weighted by Gasteiger charge is 2.16. The first-order valence-electron chi connectivity index (χ1n) is 6.83. The first kappa shape index (κ1) is 13.7. The van der Waals surface area contributed by atoms with Gasteiger partial charge in [0.05, 0.1) is 23.0 Å². The predicted molar refractivity (Wildman–Crippen MR) is 79.5 cm³/mol. The number of ether oxygens (including phenoxy) is 1. The summed E-state index contributed by atoms with van der Waals surface area (Å²) in [6.45, 7) is 3.03. The van der Waals surface area contributed by atoms with E-state index >= 15 is 0 Å². The van der Waals surface area contributed by atoms with Crippen molar-refractivity contribution in [3.05, 3.63) is 40.7 Å². The minimum Gasteiger partial charge on any atom is -0.382 e. The average molecular weight is 288 g/mol. The predicted octanol–water partition coefficient (Wildman–Crippen LogP) is 1.54. The number of pyridine rings is 1. The van der Waals surface area contributed by atoms with E-state index in [1.165, 1.54) is 6.07 Å². The Morgan fingerprint density at radius 1 is 1.43 bits per heavy atom. The largest absolute Gasteiger partial charge is 0.382 e. The van der Waals surface area contributed by atoms with Crippen molar-refractivity contribution in [2.75, 3.05) is 31.6 Å². The van der Waals surface area contributed by atoms with Crippen LogP contribution in [0.2, 0.25) is 0 Å². The maximum atomic E-state index is 11.1. The highest BCUT2D eigenvalue weighted by atomic mass is 16.6. The molecule has 21 heavy (non-hydrogen) atoms. The Morgan fingerprint density at radius 2 is 2.33 bits per heavy atom. The summed E-state index contributed by atoms with van der Waals surface area (Å²) in [5, 5.41) is 19.0. The van der Waals surface area contributed by atoms with Crippen LogP contribution in [-0.2, 0) is 4.74 Å². The van der Waals surface area contributed by atoms with Gasteiger partial charge in [0.15, 0.2) is 0 Å². The van der Waals surface area contributed by atoms with E-state index in [-0.39, 0.29) is 16.7 Å². The molecule has 110 valence electrons. The maximum absolute atomic E-state index is 11.1. The van der Waals surface area contributed by atoms with Gasteiger partial charge >= 0.3 is 0 Å². The summed E-state index contributed by atoms with van der Waals surface area (Å²) in [6, 6.07) is 4.90. The number of nitrogens with zero attached hydrogens (tertiary/aromatic N) is 2. The van der Waals surface area contributed by atoms with Crippen LogP contribution in [-0.4, -0.2) is 42.3 Å². The van der Waals surface area contributed by atoms with Gasteiger partial charge in [0.25, 0.3) is 5.69 Å². The van der Waals surface area contributed by atoms with Crippen LogP contribution < -0.4 is 10.6 Å². The lowest BCUT2D eigenvalue weighted by Gasteiger charge is -2.24. The third kappa shape index (κ3) is 2.93. The molecule has 2 heterocycles. The van der Waals surface area contributed by atoms with Crippen molar-refractivity contribution in [1.29, 1.82) is 0 Å². The Kier molecular flexibility index (Phi) is 3.94. The van der Waals surface area contributed by atoms with Crippen molar-refractivity contribution in [2.45, 2.75) is 6.10 Å². The summed E-state index contributed by atoms with van der Waals surface area (Å²) in [7, 11) is 0. The molecule has 1 aromatic heterocycles. The van der Waals surface area contributed by atoms with Crippen molar-refractivity contribution in [3.63, 3.8) is 0 Å². The molecule has 0 saturated carbocycles. The number of benzene rings is 1. The second kappa shape index (κ2) is 6.02. The first-order valence-corrected chi connectivity index (χ1v) is 6.83. The number of fused-ring (bicyclic) bond motifs is 1. The summed E-state index contributed by atoms with van der Waals surface area (Å²) in [4.78, 5) is 14.8. The van der Waals surface area contributed by atoms with Gasteiger partial charge in [-0.25, -0.2) is 0 Å². The number of anilines is 1. The molecule has 0 amide bonds. The van der Waals surface area contributed by atoms with E-state index in [1.807, 2.05) is 0 Å². The number of non-ortho nitro benzene ring substituents is 1. The summed E-state index contributed by atoms with van der Waals surface area (Å²) >= 11 is 0. The van der Waals surface area contributed by atoms with Gasteiger partial charge in [-0.05, 0) is 12.1 Å². The molecule has 0 radical (unpaired) electrons. The number of nitrogens with one attached hydrogen (secondary N) is 2. The van der Waals surface area contributed by atoms with E-state index in [4.69, 9.17) is 4.74 Å². The molecule has 7 heteroatoms. The fraction of sp³-hybridized carbons (Fsp3) is 0.357. The zero-order valence-corrected chi connectivity index (χ0v) is 11.4. The molecule has 1 atom stereocenters. The normalized spacial score (nSPS) is 18.6. The molecule has 2 N–H and O–H groups in total. The number of nitro groups is 1.